The molecule has 0 fully saturated rings. The number of carbonyl (C=O) groups is 1. The molecule has 0 heterocycles. The van der Waals surface area contributed by atoms with Gasteiger partial charge in [0.2, 0.25) is 0 Å². The molecule has 0 saturated carbocycles. The maximum Gasteiger partial charge on any atom is 0.453 e. The summed E-state index contributed by atoms with van der Waals surface area (Å²) in [5.41, 5.74) is 0. The van der Waals surface area contributed by atoms with Crippen LogP contribution in [0.4, 0.5) is 22.0 Å². The van der Waals surface area contributed by atoms with Crippen LogP contribution >= 0.6 is 11.8 Å². The summed E-state index contributed by atoms with van der Waals surface area (Å²) >= 11 is 0.811. The van der Waals surface area contributed by atoms with Gasteiger partial charge in [-0.25, -0.2) is 0 Å². The quantitative estimate of drug-likeness (QED) is 0.307. The summed E-state index contributed by atoms with van der Waals surface area (Å²) in [5, 5.41) is -0.696. The molecule has 22 heavy (non-hydrogen) atoms. The number of rotatable bonds is 10. The lowest BCUT2D eigenvalue weighted by atomic mass is 10.1. The Morgan fingerprint density at radius 2 is 1.73 bits per heavy atom. The predicted molar refractivity (Wildman–Crippen MR) is 77.2 cm³/mol. The van der Waals surface area contributed by atoms with Crippen LogP contribution in [0.3, 0.4) is 0 Å². The molecule has 0 aromatic rings. The number of carbonyl (C=O) groups excluding carboxylic acids is 1. The van der Waals surface area contributed by atoms with Crippen LogP contribution in [0.1, 0.15) is 52.9 Å². The minimum Gasteiger partial charge on any atom is -0.462 e. The van der Waals surface area contributed by atoms with E-state index < -0.39 is 35.5 Å². The van der Waals surface area contributed by atoms with E-state index in [1.54, 1.807) is 13.8 Å². The molecule has 0 aromatic carbocycles. The van der Waals surface area contributed by atoms with Crippen molar-refractivity contribution < 1.29 is 31.5 Å². The molecule has 0 aliphatic rings. The molecule has 0 rings (SSSR count). The number of esters is 1. The number of ether oxygens (including phenoxy) is 1. The van der Waals surface area contributed by atoms with Crippen LogP contribution in [-0.4, -0.2) is 35.2 Å². The molecule has 0 bridgehead atoms. The molecular formula is C14H23F5O2S. The molecule has 0 spiro atoms. The molecule has 2 nitrogen and oxygen atoms in total. The van der Waals surface area contributed by atoms with Gasteiger partial charge in [-0.05, 0) is 20.3 Å². The Morgan fingerprint density at radius 3 is 2.18 bits per heavy atom. The molecule has 1 unspecified atom stereocenters. The zero-order valence-electron chi connectivity index (χ0n) is 13.0. The fraction of sp³-hybridized carbons (Fsp3) is 0.929. The van der Waals surface area contributed by atoms with Crippen molar-refractivity contribution in [3.05, 3.63) is 0 Å². The molecule has 0 aliphatic heterocycles. The van der Waals surface area contributed by atoms with E-state index in [1.165, 1.54) is 0 Å². The van der Waals surface area contributed by atoms with E-state index in [0.717, 1.165) is 24.6 Å². The third-order valence-corrected chi connectivity index (χ3v) is 4.10. The zero-order chi connectivity index (χ0) is 17.4. The summed E-state index contributed by atoms with van der Waals surface area (Å²) in [4.78, 5) is 11.8. The first-order valence-corrected chi connectivity index (χ1v) is 8.32. The molecular weight excluding hydrogens is 327 g/mol. The number of thioether (sulfide) groups is 1. The molecule has 0 amide bonds. The molecule has 8 heteroatoms. The monoisotopic (exact) mass is 350 g/mol. The van der Waals surface area contributed by atoms with Crippen LogP contribution in [0.5, 0.6) is 0 Å². The van der Waals surface area contributed by atoms with Gasteiger partial charge < -0.3 is 4.74 Å². The van der Waals surface area contributed by atoms with Crippen molar-refractivity contribution in [1.82, 2.24) is 0 Å². The lowest BCUT2D eigenvalue weighted by Gasteiger charge is -2.21. The van der Waals surface area contributed by atoms with Gasteiger partial charge in [-0.3, -0.25) is 4.79 Å². The van der Waals surface area contributed by atoms with Crippen molar-refractivity contribution in [3.63, 3.8) is 0 Å². The Morgan fingerprint density at radius 1 is 1.14 bits per heavy atom. The van der Waals surface area contributed by atoms with Crippen molar-refractivity contribution in [2.45, 2.75) is 76.3 Å². The molecule has 0 aromatic heterocycles. The standard InChI is InChI=1S/C14H23F5O2S/c1-4-5-6-7-11(12(20)21-10(2)3)22-9-8-13(15,16)14(17,18)19/h10-11H,4-9H2,1-3H3. The maximum absolute atomic E-state index is 12.8. The third kappa shape index (κ3) is 8.19. The van der Waals surface area contributed by atoms with Gasteiger partial charge in [0.25, 0.3) is 0 Å². The topological polar surface area (TPSA) is 26.3 Å². The summed E-state index contributed by atoms with van der Waals surface area (Å²) in [5.74, 6) is -5.72. The van der Waals surface area contributed by atoms with Crippen LogP contribution in [0, 0.1) is 0 Å². The summed E-state index contributed by atoms with van der Waals surface area (Å²) in [6, 6.07) is 0. The van der Waals surface area contributed by atoms with Crippen molar-refractivity contribution in [3.8, 4) is 0 Å². The Bertz CT molecular complexity index is 332. The second-order valence-electron chi connectivity index (χ2n) is 5.29. The van der Waals surface area contributed by atoms with Gasteiger partial charge in [-0.1, -0.05) is 26.2 Å². The first-order chi connectivity index (χ1) is 10.0. The van der Waals surface area contributed by atoms with E-state index >= 15 is 0 Å². The lowest BCUT2D eigenvalue weighted by Crippen LogP contribution is -2.37. The van der Waals surface area contributed by atoms with Gasteiger partial charge in [0, 0.05) is 12.2 Å². The average molecular weight is 350 g/mol. The Balaban J connectivity index is 4.48. The Kier molecular flexibility index (Phi) is 9.34. The highest BCUT2D eigenvalue weighted by Gasteiger charge is 2.56. The Labute approximate surface area is 132 Å². The lowest BCUT2D eigenvalue weighted by molar-refractivity contribution is -0.282. The first kappa shape index (κ1) is 21.5. The maximum atomic E-state index is 12.8. The first-order valence-electron chi connectivity index (χ1n) is 7.28. The second-order valence-corrected chi connectivity index (χ2v) is 6.60. The summed E-state index contributed by atoms with van der Waals surface area (Å²) in [7, 11) is 0. The van der Waals surface area contributed by atoms with E-state index in [2.05, 4.69) is 0 Å². The van der Waals surface area contributed by atoms with E-state index in [0.29, 0.717) is 12.8 Å². The van der Waals surface area contributed by atoms with Crippen molar-refractivity contribution >= 4 is 17.7 Å². The average Bonchev–Trinajstić information content (AvgIpc) is 2.34. The van der Waals surface area contributed by atoms with Gasteiger partial charge in [0.1, 0.15) is 5.25 Å². The van der Waals surface area contributed by atoms with Crippen molar-refractivity contribution in [2.75, 3.05) is 5.75 Å². The van der Waals surface area contributed by atoms with Gasteiger partial charge in [-0.2, -0.15) is 22.0 Å². The van der Waals surface area contributed by atoms with Gasteiger partial charge in [-0.15, -0.1) is 11.8 Å². The predicted octanol–water partition coefficient (Wildman–Crippen LogP) is 5.21. The highest BCUT2D eigenvalue weighted by molar-refractivity contribution is 8.00. The Hall–Kier alpha value is -0.530. The minimum absolute atomic E-state index is 0.349. The summed E-state index contributed by atoms with van der Waals surface area (Å²) in [6.45, 7) is 5.28. The zero-order valence-corrected chi connectivity index (χ0v) is 13.8. The van der Waals surface area contributed by atoms with Crippen LogP contribution in [0.25, 0.3) is 0 Å². The number of unbranched alkanes of at least 4 members (excludes halogenated alkanes) is 2. The summed E-state index contributed by atoms with van der Waals surface area (Å²) in [6.07, 6.45) is -4.32. The normalized spacial score (nSPS) is 14.2. The van der Waals surface area contributed by atoms with E-state index in [-0.39, 0.29) is 6.10 Å². The van der Waals surface area contributed by atoms with Gasteiger partial charge in [0.15, 0.2) is 0 Å². The fourth-order valence-corrected chi connectivity index (χ4v) is 2.81. The molecule has 0 saturated heterocycles. The van der Waals surface area contributed by atoms with Crippen LogP contribution in [-0.2, 0) is 9.53 Å². The SMILES string of the molecule is CCCCCC(SCCC(F)(F)C(F)(F)F)C(=O)OC(C)C. The molecule has 1 atom stereocenters. The van der Waals surface area contributed by atoms with E-state index in [4.69, 9.17) is 4.74 Å². The molecule has 132 valence electrons. The van der Waals surface area contributed by atoms with Crippen LogP contribution < -0.4 is 0 Å². The third-order valence-electron chi connectivity index (χ3n) is 2.83. The van der Waals surface area contributed by atoms with Gasteiger partial charge in [0.05, 0.1) is 6.10 Å². The fourth-order valence-electron chi connectivity index (χ4n) is 1.63. The van der Waals surface area contributed by atoms with Crippen molar-refractivity contribution in [2.24, 2.45) is 0 Å². The van der Waals surface area contributed by atoms with E-state index in [9.17, 15) is 26.7 Å². The van der Waals surface area contributed by atoms with Crippen molar-refractivity contribution in [1.29, 1.82) is 0 Å². The molecule has 0 aliphatic carbocycles. The van der Waals surface area contributed by atoms with E-state index in [1.807, 2.05) is 6.92 Å². The van der Waals surface area contributed by atoms with Crippen LogP contribution in [0.2, 0.25) is 0 Å². The smallest absolute Gasteiger partial charge is 0.453 e. The number of alkyl halides is 5. The minimum atomic E-state index is -5.55. The molecule has 0 radical (unpaired) electrons. The van der Waals surface area contributed by atoms with Crippen LogP contribution in [0.15, 0.2) is 0 Å². The number of halogens is 5. The number of hydrogen-bond acceptors (Lipinski definition) is 3. The molecule has 0 N–H and O–H groups in total. The number of hydrogen-bond donors (Lipinski definition) is 0. The highest BCUT2D eigenvalue weighted by atomic mass is 32.2. The second kappa shape index (κ2) is 9.57. The van der Waals surface area contributed by atoms with Gasteiger partial charge >= 0.3 is 18.1 Å². The summed E-state index contributed by atoms with van der Waals surface area (Å²) < 4.78 is 67.0. The largest absolute Gasteiger partial charge is 0.462 e. The highest BCUT2D eigenvalue weighted by Crippen LogP contribution is 2.39.